The number of amides is 4. The minimum absolute atomic E-state index is 0.0404. The lowest BCUT2D eigenvalue weighted by Gasteiger charge is -2.26. The molecule has 1 aliphatic rings. The van der Waals surface area contributed by atoms with E-state index in [1.54, 1.807) is 0 Å². The van der Waals surface area contributed by atoms with Crippen molar-refractivity contribution >= 4 is 29.4 Å². The summed E-state index contributed by atoms with van der Waals surface area (Å²) in [5, 5.41) is 4.48. The lowest BCUT2D eigenvalue weighted by molar-refractivity contribution is -0.131. The summed E-state index contributed by atoms with van der Waals surface area (Å²) in [7, 11) is 0. The average Bonchev–Trinajstić information content (AvgIpc) is 2.39. The Balaban J connectivity index is 2.14. The van der Waals surface area contributed by atoms with Crippen molar-refractivity contribution in [2.75, 3.05) is 25.5 Å². The molecule has 0 radical (unpaired) electrons. The maximum absolute atomic E-state index is 11.7. The van der Waals surface area contributed by atoms with Crippen LogP contribution in [0.2, 0.25) is 0 Å². The van der Waals surface area contributed by atoms with Crippen molar-refractivity contribution in [3.05, 3.63) is 0 Å². The summed E-state index contributed by atoms with van der Waals surface area (Å²) in [5.74, 6) is -0.782. The molecule has 4 amide bonds. The zero-order valence-electron chi connectivity index (χ0n) is 10.2. The molecule has 1 fully saturated rings. The molecule has 2 N–H and O–H groups in total. The lowest BCUT2D eigenvalue weighted by Crippen LogP contribution is -2.42. The Morgan fingerprint density at radius 1 is 1.11 bits per heavy atom. The summed E-state index contributed by atoms with van der Waals surface area (Å²) in [4.78, 5) is 35.5. The number of piperidine rings is 1. The van der Waals surface area contributed by atoms with Crippen LogP contribution in [0.3, 0.4) is 0 Å². The number of halogens is 1. The SMILES string of the molecule is O=C(CCl)NC(=O)NCCC(=O)N1CCCCC1. The second-order valence-electron chi connectivity index (χ2n) is 4.13. The van der Waals surface area contributed by atoms with E-state index in [1.807, 2.05) is 10.2 Å². The predicted octanol–water partition coefficient (Wildman–Crippen LogP) is 0.454. The molecule has 0 spiro atoms. The predicted molar refractivity (Wildman–Crippen MR) is 67.3 cm³/mol. The number of imide groups is 1. The fourth-order valence-corrected chi connectivity index (χ4v) is 1.86. The maximum atomic E-state index is 11.7. The second-order valence-corrected chi connectivity index (χ2v) is 4.40. The zero-order chi connectivity index (χ0) is 13.4. The first-order chi connectivity index (χ1) is 8.63. The van der Waals surface area contributed by atoms with Crippen molar-refractivity contribution in [1.82, 2.24) is 15.5 Å². The molecule has 0 aromatic rings. The number of rotatable bonds is 4. The summed E-state index contributed by atoms with van der Waals surface area (Å²) in [6, 6.07) is -0.618. The van der Waals surface area contributed by atoms with Crippen molar-refractivity contribution in [3.63, 3.8) is 0 Å². The van der Waals surface area contributed by atoms with Gasteiger partial charge in [0.05, 0.1) is 0 Å². The van der Waals surface area contributed by atoms with E-state index in [0.29, 0.717) is 0 Å². The zero-order valence-corrected chi connectivity index (χ0v) is 11.0. The van der Waals surface area contributed by atoms with Gasteiger partial charge in [-0.3, -0.25) is 14.9 Å². The van der Waals surface area contributed by atoms with Crippen LogP contribution < -0.4 is 10.6 Å². The van der Waals surface area contributed by atoms with Crippen LogP contribution in [0.15, 0.2) is 0 Å². The Morgan fingerprint density at radius 3 is 2.39 bits per heavy atom. The van der Waals surface area contributed by atoms with Gasteiger partial charge in [-0.15, -0.1) is 11.6 Å². The third-order valence-corrected chi connectivity index (χ3v) is 2.95. The second kappa shape index (κ2) is 7.92. The van der Waals surface area contributed by atoms with E-state index in [2.05, 4.69) is 5.32 Å². The standard InChI is InChI=1S/C11H18ClN3O3/c12-8-9(16)14-11(18)13-5-4-10(17)15-6-2-1-3-7-15/h1-8H2,(H2,13,14,16,18). The fourth-order valence-electron chi connectivity index (χ4n) is 1.79. The van der Waals surface area contributed by atoms with E-state index >= 15 is 0 Å². The number of hydrogen-bond donors (Lipinski definition) is 2. The summed E-state index contributed by atoms with van der Waals surface area (Å²) in [6.07, 6.45) is 3.52. The molecule has 0 saturated carbocycles. The normalized spacial score (nSPS) is 15.1. The van der Waals surface area contributed by atoms with E-state index in [4.69, 9.17) is 11.6 Å². The van der Waals surface area contributed by atoms with Crippen molar-refractivity contribution in [2.24, 2.45) is 0 Å². The van der Waals surface area contributed by atoms with Crippen LogP contribution >= 0.6 is 11.6 Å². The van der Waals surface area contributed by atoms with Crippen LogP contribution in [-0.2, 0) is 9.59 Å². The molecule has 0 aromatic heterocycles. The number of carbonyl (C=O) groups excluding carboxylic acids is 3. The van der Waals surface area contributed by atoms with Gasteiger partial charge in [0.2, 0.25) is 11.8 Å². The molecule has 0 aromatic carbocycles. The Bertz CT molecular complexity index is 317. The Labute approximate surface area is 111 Å². The molecule has 1 rings (SSSR count). The minimum atomic E-state index is -0.618. The van der Waals surface area contributed by atoms with E-state index in [1.165, 1.54) is 6.42 Å². The molecule has 0 bridgehead atoms. The fraction of sp³-hybridized carbons (Fsp3) is 0.727. The number of alkyl halides is 1. The Morgan fingerprint density at radius 2 is 1.78 bits per heavy atom. The van der Waals surface area contributed by atoms with Crippen molar-refractivity contribution in [1.29, 1.82) is 0 Å². The minimum Gasteiger partial charge on any atom is -0.343 e. The molecule has 18 heavy (non-hydrogen) atoms. The Hall–Kier alpha value is -1.30. The molecular formula is C11H18ClN3O3. The number of likely N-dealkylation sites (tertiary alicyclic amines) is 1. The summed E-state index contributed by atoms with van der Waals surface area (Å²) in [6.45, 7) is 1.82. The first kappa shape index (κ1) is 14.8. The van der Waals surface area contributed by atoms with Crippen LogP contribution in [0.1, 0.15) is 25.7 Å². The van der Waals surface area contributed by atoms with Gasteiger partial charge in [-0.2, -0.15) is 0 Å². The van der Waals surface area contributed by atoms with E-state index in [0.717, 1.165) is 25.9 Å². The summed E-state index contributed by atoms with van der Waals surface area (Å²) in [5.41, 5.74) is 0. The monoisotopic (exact) mass is 275 g/mol. The Kier molecular flexibility index (Phi) is 6.49. The van der Waals surface area contributed by atoms with Crippen LogP contribution in [0.5, 0.6) is 0 Å². The molecule has 7 heteroatoms. The van der Waals surface area contributed by atoms with Crippen LogP contribution in [0, 0.1) is 0 Å². The van der Waals surface area contributed by atoms with Crippen LogP contribution in [0.4, 0.5) is 4.79 Å². The van der Waals surface area contributed by atoms with Gasteiger partial charge < -0.3 is 10.2 Å². The highest BCUT2D eigenvalue weighted by molar-refractivity contribution is 6.28. The van der Waals surface area contributed by atoms with Crippen molar-refractivity contribution < 1.29 is 14.4 Å². The molecule has 0 aliphatic carbocycles. The molecule has 0 unspecified atom stereocenters. The summed E-state index contributed by atoms with van der Waals surface area (Å²) >= 11 is 5.23. The molecule has 1 aliphatic heterocycles. The highest BCUT2D eigenvalue weighted by atomic mass is 35.5. The molecule has 1 heterocycles. The number of hydrogen-bond acceptors (Lipinski definition) is 3. The number of nitrogens with one attached hydrogen (secondary N) is 2. The van der Waals surface area contributed by atoms with Crippen LogP contribution in [0.25, 0.3) is 0 Å². The van der Waals surface area contributed by atoms with E-state index < -0.39 is 11.9 Å². The molecule has 0 atom stereocenters. The first-order valence-corrected chi connectivity index (χ1v) is 6.58. The van der Waals surface area contributed by atoms with E-state index in [-0.39, 0.29) is 24.8 Å². The molecule has 1 saturated heterocycles. The molecular weight excluding hydrogens is 258 g/mol. The quantitative estimate of drug-likeness (QED) is 0.732. The number of carbonyl (C=O) groups is 3. The van der Waals surface area contributed by atoms with Crippen molar-refractivity contribution in [2.45, 2.75) is 25.7 Å². The van der Waals surface area contributed by atoms with E-state index in [9.17, 15) is 14.4 Å². The third-order valence-electron chi connectivity index (χ3n) is 2.71. The van der Waals surface area contributed by atoms with Crippen LogP contribution in [-0.4, -0.2) is 48.3 Å². The van der Waals surface area contributed by atoms with Gasteiger partial charge in [0, 0.05) is 26.1 Å². The van der Waals surface area contributed by atoms with Gasteiger partial charge in [-0.1, -0.05) is 0 Å². The molecule has 6 nitrogen and oxygen atoms in total. The average molecular weight is 276 g/mol. The van der Waals surface area contributed by atoms with Crippen molar-refractivity contribution in [3.8, 4) is 0 Å². The van der Waals surface area contributed by atoms with Gasteiger partial charge in [0.25, 0.3) is 0 Å². The smallest absolute Gasteiger partial charge is 0.321 e. The number of urea groups is 1. The highest BCUT2D eigenvalue weighted by Gasteiger charge is 2.16. The largest absolute Gasteiger partial charge is 0.343 e. The highest BCUT2D eigenvalue weighted by Crippen LogP contribution is 2.09. The third kappa shape index (κ3) is 5.35. The van der Waals surface area contributed by atoms with Gasteiger partial charge in [0.15, 0.2) is 0 Å². The van der Waals surface area contributed by atoms with Gasteiger partial charge in [-0.25, -0.2) is 4.79 Å². The van der Waals surface area contributed by atoms with Gasteiger partial charge >= 0.3 is 6.03 Å². The van der Waals surface area contributed by atoms with Gasteiger partial charge in [0.1, 0.15) is 5.88 Å². The maximum Gasteiger partial charge on any atom is 0.321 e. The topological polar surface area (TPSA) is 78.5 Å². The number of nitrogens with zero attached hydrogens (tertiary/aromatic N) is 1. The summed E-state index contributed by atoms with van der Waals surface area (Å²) < 4.78 is 0. The lowest BCUT2D eigenvalue weighted by atomic mass is 10.1. The molecule has 102 valence electrons. The van der Waals surface area contributed by atoms with Gasteiger partial charge in [-0.05, 0) is 19.3 Å². The first-order valence-electron chi connectivity index (χ1n) is 6.05.